The highest BCUT2D eigenvalue weighted by Crippen LogP contribution is 2.28. The number of carbonyl (C=O) groups is 1. The normalized spacial score (nSPS) is 16.9. The monoisotopic (exact) mass is 285 g/mol. The van der Waals surface area contributed by atoms with Crippen LogP contribution in [-0.4, -0.2) is 23.8 Å². The van der Waals surface area contributed by atoms with Crippen LogP contribution in [0.2, 0.25) is 0 Å². The number of carbonyl (C=O) groups excluding carboxylic acids is 1. The minimum absolute atomic E-state index is 0.387. The second-order valence-corrected chi connectivity index (χ2v) is 6.12. The van der Waals surface area contributed by atoms with Crippen LogP contribution < -0.4 is 5.32 Å². The molecule has 0 radical (unpaired) electrons. The predicted octanol–water partition coefficient (Wildman–Crippen LogP) is 4.56. The van der Waals surface area contributed by atoms with Crippen LogP contribution in [0.15, 0.2) is 11.8 Å². The van der Waals surface area contributed by atoms with E-state index in [0.29, 0.717) is 11.7 Å². The maximum absolute atomic E-state index is 10.5. The molecule has 2 N–H and O–H groups in total. The molecule has 4 heteroatoms. The first-order chi connectivity index (χ1) is 9.30. The molecule has 1 aliphatic rings. The van der Waals surface area contributed by atoms with E-state index in [1.165, 1.54) is 39.2 Å². The Morgan fingerprint density at radius 2 is 1.85 bits per heavy atom. The fraction of sp³-hybridized carbons (Fsp3) is 0.812. The van der Waals surface area contributed by atoms with Crippen molar-refractivity contribution in [1.29, 1.82) is 0 Å². The van der Waals surface area contributed by atoms with E-state index < -0.39 is 0 Å². The molecule has 1 fully saturated rings. The molecule has 0 atom stereocenters. The molecule has 1 saturated carbocycles. The number of ether oxygens (including phenoxy) is 1. The summed E-state index contributed by atoms with van der Waals surface area (Å²) in [5, 5.41) is 11.9. The number of nitrogens with one attached hydrogen (secondary N) is 1. The minimum atomic E-state index is -0.389. The van der Waals surface area contributed by atoms with Crippen molar-refractivity contribution in [2.24, 2.45) is 5.92 Å². The summed E-state index contributed by atoms with van der Waals surface area (Å²) in [6.45, 7) is 7.53. The van der Waals surface area contributed by atoms with Crippen LogP contribution in [0.4, 0.5) is 4.79 Å². The second-order valence-electron chi connectivity index (χ2n) is 6.12. The van der Waals surface area contributed by atoms with Gasteiger partial charge in [0.2, 0.25) is 0 Å². The van der Waals surface area contributed by atoms with Crippen molar-refractivity contribution >= 4 is 6.09 Å². The zero-order valence-corrected chi connectivity index (χ0v) is 13.7. The number of aliphatic hydroxyl groups is 1. The Balaban J connectivity index is 0.000000370. The third kappa shape index (κ3) is 9.70. The number of allylic oxidation sites excluding steroid dienone is 2. The van der Waals surface area contributed by atoms with E-state index in [0.717, 1.165) is 6.42 Å². The molecular formula is C16H31NO3. The van der Waals surface area contributed by atoms with Gasteiger partial charge >= 0.3 is 6.09 Å². The third-order valence-corrected chi connectivity index (χ3v) is 3.04. The summed E-state index contributed by atoms with van der Waals surface area (Å²) in [6.07, 6.45) is 8.87. The van der Waals surface area contributed by atoms with Crippen molar-refractivity contribution in [3.63, 3.8) is 0 Å². The van der Waals surface area contributed by atoms with Gasteiger partial charge in [-0.3, -0.25) is 0 Å². The summed E-state index contributed by atoms with van der Waals surface area (Å²) < 4.78 is 4.84. The van der Waals surface area contributed by atoms with Crippen LogP contribution in [0.5, 0.6) is 0 Å². The number of aliphatic hydroxyl groups excluding tert-OH is 1. The number of hydrogen-bond donors (Lipinski definition) is 2. The summed E-state index contributed by atoms with van der Waals surface area (Å²) in [7, 11) is 1.54. The van der Waals surface area contributed by atoms with Crippen molar-refractivity contribution in [2.75, 3.05) is 7.05 Å². The van der Waals surface area contributed by atoms with Gasteiger partial charge in [-0.15, -0.1) is 0 Å². The molecule has 0 unspecified atom stereocenters. The summed E-state index contributed by atoms with van der Waals surface area (Å²) in [4.78, 5) is 10.5. The molecule has 0 aromatic carbocycles. The second kappa shape index (κ2) is 9.67. The molecule has 1 aliphatic carbocycles. The van der Waals surface area contributed by atoms with Gasteiger partial charge in [-0.1, -0.05) is 26.2 Å². The quantitative estimate of drug-likeness (QED) is 0.731. The fourth-order valence-electron chi connectivity index (χ4n) is 2.10. The summed E-state index contributed by atoms with van der Waals surface area (Å²) in [6, 6.07) is 0. The molecule has 0 spiro atoms. The average Bonchev–Trinajstić information content (AvgIpc) is 2.39. The highest BCUT2D eigenvalue weighted by atomic mass is 16.6. The van der Waals surface area contributed by atoms with Gasteiger partial charge < -0.3 is 15.2 Å². The lowest BCUT2D eigenvalue weighted by atomic mass is 9.87. The van der Waals surface area contributed by atoms with Crippen molar-refractivity contribution in [2.45, 2.75) is 71.8 Å². The Kier molecular flexibility index (Phi) is 9.10. The minimum Gasteiger partial charge on any atom is -0.512 e. The SMILES string of the molecule is CC/C=C(\O)C1CCCCC1.CNC(=O)OC(C)(C)C. The fourth-order valence-corrected chi connectivity index (χ4v) is 2.10. The zero-order chi connectivity index (χ0) is 15.6. The van der Waals surface area contributed by atoms with Crippen molar-refractivity contribution in [1.82, 2.24) is 5.32 Å². The summed E-state index contributed by atoms with van der Waals surface area (Å²) in [5.41, 5.74) is -0.389. The van der Waals surface area contributed by atoms with Crippen LogP contribution in [-0.2, 0) is 4.74 Å². The van der Waals surface area contributed by atoms with E-state index >= 15 is 0 Å². The maximum atomic E-state index is 10.5. The van der Waals surface area contributed by atoms with Crippen molar-refractivity contribution < 1.29 is 14.6 Å². The van der Waals surface area contributed by atoms with Gasteiger partial charge in [-0.2, -0.15) is 0 Å². The van der Waals surface area contributed by atoms with Gasteiger partial charge in [0.05, 0.1) is 5.76 Å². The van der Waals surface area contributed by atoms with Gasteiger partial charge in [0.1, 0.15) is 5.60 Å². The molecule has 0 aliphatic heterocycles. The standard InChI is InChI=1S/C10H18O.C6H13NO2/c1-2-6-10(11)9-7-4-3-5-8-9;1-6(2,3)9-5(8)7-4/h6,9,11H,2-5,7-8H2,1H3;1-4H3,(H,7,8)/b10-6-;. The molecule has 4 nitrogen and oxygen atoms in total. The highest BCUT2D eigenvalue weighted by Gasteiger charge is 2.16. The van der Waals surface area contributed by atoms with Gasteiger partial charge in [0.15, 0.2) is 0 Å². The van der Waals surface area contributed by atoms with Crippen molar-refractivity contribution in [3.8, 4) is 0 Å². The van der Waals surface area contributed by atoms with Gasteiger partial charge in [-0.25, -0.2) is 4.79 Å². The number of rotatable bonds is 2. The summed E-state index contributed by atoms with van der Waals surface area (Å²) >= 11 is 0. The van der Waals surface area contributed by atoms with E-state index in [2.05, 4.69) is 12.2 Å². The number of hydrogen-bond acceptors (Lipinski definition) is 3. The van der Waals surface area contributed by atoms with E-state index in [1.807, 2.05) is 26.8 Å². The largest absolute Gasteiger partial charge is 0.512 e. The molecule has 0 saturated heterocycles. The van der Waals surface area contributed by atoms with Gasteiger partial charge in [0.25, 0.3) is 0 Å². The van der Waals surface area contributed by atoms with E-state index in [9.17, 15) is 9.90 Å². The molecule has 118 valence electrons. The first kappa shape index (κ1) is 18.8. The lowest BCUT2D eigenvalue weighted by Gasteiger charge is -2.20. The molecule has 0 bridgehead atoms. The molecule has 0 heterocycles. The first-order valence-corrected chi connectivity index (χ1v) is 7.60. The molecule has 0 aromatic heterocycles. The number of amides is 1. The van der Waals surface area contributed by atoms with Gasteiger partial charge in [-0.05, 0) is 46.1 Å². The molecular weight excluding hydrogens is 254 g/mol. The molecule has 0 aromatic rings. The van der Waals surface area contributed by atoms with Crippen molar-refractivity contribution in [3.05, 3.63) is 11.8 Å². The van der Waals surface area contributed by atoms with E-state index in [1.54, 1.807) is 0 Å². The molecule has 1 rings (SSSR count). The highest BCUT2D eigenvalue weighted by molar-refractivity contribution is 5.67. The van der Waals surface area contributed by atoms with E-state index in [4.69, 9.17) is 4.74 Å². The Bertz CT molecular complexity index is 299. The maximum Gasteiger partial charge on any atom is 0.407 e. The van der Waals surface area contributed by atoms with Crippen LogP contribution in [0.1, 0.15) is 66.2 Å². The topological polar surface area (TPSA) is 58.6 Å². The molecule has 1 amide bonds. The smallest absolute Gasteiger partial charge is 0.407 e. The molecule has 20 heavy (non-hydrogen) atoms. The summed E-state index contributed by atoms with van der Waals surface area (Å²) in [5.74, 6) is 1.14. The lowest BCUT2D eigenvalue weighted by molar-refractivity contribution is 0.0541. The number of alkyl carbamates (subject to hydrolysis) is 1. The van der Waals surface area contributed by atoms with Crippen LogP contribution in [0, 0.1) is 5.92 Å². The van der Waals surface area contributed by atoms with Crippen LogP contribution in [0.25, 0.3) is 0 Å². The Morgan fingerprint density at radius 3 is 2.20 bits per heavy atom. The third-order valence-electron chi connectivity index (χ3n) is 3.04. The zero-order valence-electron chi connectivity index (χ0n) is 13.7. The predicted molar refractivity (Wildman–Crippen MR) is 82.9 cm³/mol. The van der Waals surface area contributed by atoms with Crippen LogP contribution in [0.3, 0.4) is 0 Å². The Hall–Kier alpha value is -1.19. The Labute approximate surface area is 123 Å². The lowest BCUT2D eigenvalue weighted by Crippen LogP contribution is -2.30. The van der Waals surface area contributed by atoms with E-state index in [-0.39, 0.29) is 11.7 Å². The average molecular weight is 285 g/mol. The van der Waals surface area contributed by atoms with Crippen LogP contribution >= 0.6 is 0 Å². The first-order valence-electron chi connectivity index (χ1n) is 7.60. The van der Waals surface area contributed by atoms with Gasteiger partial charge in [0, 0.05) is 13.0 Å². The Morgan fingerprint density at radius 1 is 1.30 bits per heavy atom.